The molecule has 0 bridgehead atoms. The quantitative estimate of drug-likeness (QED) is 0.361. The number of anilines is 2. The lowest BCUT2D eigenvalue weighted by Gasteiger charge is -2.18. The van der Waals surface area contributed by atoms with Crippen LogP contribution in [0, 0.1) is 6.92 Å². The van der Waals surface area contributed by atoms with Gasteiger partial charge in [-0.2, -0.15) is 0 Å². The average molecular weight is 449 g/mol. The lowest BCUT2D eigenvalue weighted by molar-refractivity contribution is 0.867. The number of hydrogen-bond donors (Lipinski definition) is 2. The van der Waals surface area contributed by atoms with Crippen molar-refractivity contribution in [1.29, 1.82) is 0 Å². The first-order chi connectivity index (χ1) is 16.5. The summed E-state index contributed by atoms with van der Waals surface area (Å²) in [5.41, 5.74) is 15.3. The van der Waals surface area contributed by atoms with Crippen molar-refractivity contribution in [3.8, 4) is 0 Å². The molecule has 0 radical (unpaired) electrons. The van der Waals surface area contributed by atoms with E-state index in [1.807, 2.05) is 54.9 Å². The lowest BCUT2D eigenvalue weighted by atomic mass is 9.98. The van der Waals surface area contributed by atoms with Gasteiger partial charge in [-0.25, -0.2) is 0 Å². The lowest BCUT2D eigenvalue weighted by Crippen LogP contribution is -2.04. The molecule has 0 amide bonds. The third-order valence-electron chi connectivity index (χ3n) is 5.98. The van der Waals surface area contributed by atoms with E-state index in [-0.39, 0.29) is 0 Å². The molecule has 0 fully saturated rings. The molecule has 0 unspecified atom stereocenters. The number of hydrogen-bond acceptors (Lipinski definition) is 4. The molecule has 1 aliphatic rings. The Hall–Kier alpha value is -3.92. The van der Waals surface area contributed by atoms with E-state index in [1.54, 1.807) is 0 Å². The van der Waals surface area contributed by atoms with Gasteiger partial charge in [0, 0.05) is 35.1 Å². The van der Waals surface area contributed by atoms with Crippen LogP contribution in [0.25, 0.3) is 0 Å². The highest BCUT2D eigenvalue weighted by molar-refractivity contribution is 5.92. The first kappa shape index (κ1) is 23.2. The van der Waals surface area contributed by atoms with Crippen LogP contribution >= 0.6 is 0 Å². The summed E-state index contributed by atoms with van der Waals surface area (Å²) in [6.45, 7) is 6.58. The maximum atomic E-state index is 6.10. The van der Waals surface area contributed by atoms with Crippen LogP contribution in [0.2, 0.25) is 0 Å². The van der Waals surface area contributed by atoms with Gasteiger partial charge in [-0.1, -0.05) is 68.5 Å². The standard InChI is InChI=1S/C30H32N4/c1-21(2)25-14-10-11-22(3)30(25)34-27-16-7-5-13-24(27)20-33-29-18-9-8-17-28(29)32-19-23-12-4-6-15-26(23)31/h5-11,13-21,34H,4,12,31H2,1-3H3. The molecule has 0 aliphatic heterocycles. The summed E-state index contributed by atoms with van der Waals surface area (Å²) in [5, 5.41) is 3.67. The first-order valence-electron chi connectivity index (χ1n) is 11.8. The van der Waals surface area contributed by atoms with Crippen molar-refractivity contribution >= 4 is 35.2 Å². The molecule has 0 spiro atoms. The van der Waals surface area contributed by atoms with Crippen LogP contribution in [0.5, 0.6) is 0 Å². The molecule has 4 rings (SSSR count). The van der Waals surface area contributed by atoms with E-state index in [0.717, 1.165) is 52.4 Å². The fraction of sp³-hybridized carbons (Fsp3) is 0.200. The average Bonchev–Trinajstić information content (AvgIpc) is 2.84. The maximum Gasteiger partial charge on any atom is 0.0886 e. The highest BCUT2D eigenvalue weighted by Crippen LogP contribution is 2.32. The molecule has 0 atom stereocenters. The van der Waals surface area contributed by atoms with E-state index < -0.39 is 0 Å². The number of nitrogens with one attached hydrogen (secondary N) is 1. The normalized spacial score (nSPS) is 14.0. The smallest absolute Gasteiger partial charge is 0.0886 e. The molecule has 0 saturated carbocycles. The Kier molecular flexibility index (Phi) is 7.38. The van der Waals surface area contributed by atoms with Crippen molar-refractivity contribution in [2.24, 2.45) is 15.7 Å². The van der Waals surface area contributed by atoms with Crippen LogP contribution in [-0.4, -0.2) is 12.4 Å². The molecule has 1 aliphatic carbocycles. The van der Waals surface area contributed by atoms with Crippen LogP contribution in [0.1, 0.15) is 49.3 Å². The molecular formula is C30H32N4. The molecule has 34 heavy (non-hydrogen) atoms. The predicted molar refractivity (Wildman–Crippen MR) is 146 cm³/mol. The van der Waals surface area contributed by atoms with Gasteiger partial charge in [0.15, 0.2) is 0 Å². The maximum absolute atomic E-state index is 6.10. The largest absolute Gasteiger partial charge is 0.398 e. The van der Waals surface area contributed by atoms with Gasteiger partial charge in [-0.15, -0.1) is 0 Å². The van der Waals surface area contributed by atoms with E-state index in [1.165, 1.54) is 11.1 Å². The molecule has 0 heterocycles. The summed E-state index contributed by atoms with van der Waals surface area (Å²) in [6, 6.07) is 22.6. The number of rotatable bonds is 7. The second kappa shape index (κ2) is 10.8. The third kappa shape index (κ3) is 5.52. The summed E-state index contributed by atoms with van der Waals surface area (Å²) in [6.07, 6.45) is 9.73. The highest BCUT2D eigenvalue weighted by Gasteiger charge is 2.11. The van der Waals surface area contributed by atoms with Crippen LogP contribution in [0.15, 0.2) is 100 Å². The van der Waals surface area contributed by atoms with Gasteiger partial charge in [-0.3, -0.25) is 9.98 Å². The Morgan fingerprint density at radius 3 is 2.32 bits per heavy atom. The monoisotopic (exact) mass is 448 g/mol. The molecule has 3 aromatic carbocycles. The predicted octanol–water partition coefficient (Wildman–Crippen LogP) is 7.88. The molecule has 172 valence electrons. The Morgan fingerprint density at radius 1 is 0.882 bits per heavy atom. The van der Waals surface area contributed by atoms with Crippen LogP contribution < -0.4 is 11.1 Å². The Labute approximate surface area is 202 Å². The van der Waals surface area contributed by atoms with E-state index in [0.29, 0.717) is 5.92 Å². The van der Waals surface area contributed by atoms with Crippen LogP contribution in [-0.2, 0) is 0 Å². The molecule has 0 aromatic heterocycles. The summed E-state index contributed by atoms with van der Waals surface area (Å²) in [7, 11) is 0. The summed E-state index contributed by atoms with van der Waals surface area (Å²) in [4.78, 5) is 9.50. The molecular weight excluding hydrogens is 416 g/mol. The fourth-order valence-corrected chi connectivity index (χ4v) is 4.01. The fourth-order valence-electron chi connectivity index (χ4n) is 4.01. The minimum Gasteiger partial charge on any atom is -0.398 e. The number of nitrogens with zero attached hydrogens (tertiary/aromatic N) is 2. The molecule has 3 N–H and O–H groups in total. The van der Waals surface area contributed by atoms with Gasteiger partial charge >= 0.3 is 0 Å². The van der Waals surface area contributed by atoms with Crippen molar-refractivity contribution in [1.82, 2.24) is 0 Å². The Bertz CT molecular complexity index is 1280. The number of para-hydroxylation sites is 4. The van der Waals surface area contributed by atoms with E-state index in [2.05, 4.69) is 62.5 Å². The van der Waals surface area contributed by atoms with Crippen molar-refractivity contribution in [3.63, 3.8) is 0 Å². The molecule has 0 saturated heterocycles. The summed E-state index contributed by atoms with van der Waals surface area (Å²) in [5.74, 6) is 0.428. The highest BCUT2D eigenvalue weighted by atomic mass is 14.9. The third-order valence-corrected chi connectivity index (χ3v) is 5.98. The van der Waals surface area contributed by atoms with Gasteiger partial charge in [0.1, 0.15) is 0 Å². The van der Waals surface area contributed by atoms with Crippen molar-refractivity contribution in [2.75, 3.05) is 5.32 Å². The van der Waals surface area contributed by atoms with Gasteiger partial charge in [-0.05, 0) is 66.7 Å². The number of aliphatic imine (C=N–C) groups is 2. The first-order valence-corrected chi connectivity index (χ1v) is 11.8. The second-order valence-electron chi connectivity index (χ2n) is 8.83. The van der Waals surface area contributed by atoms with Crippen LogP contribution in [0.3, 0.4) is 0 Å². The van der Waals surface area contributed by atoms with E-state index >= 15 is 0 Å². The molecule has 4 heteroatoms. The Balaban J connectivity index is 1.62. The van der Waals surface area contributed by atoms with Gasteiger partial charge in [0.05, 0.1) is 11.4 Å². The number of benzene rings is 3. The van der Waals surface area contributed by atoms with Crippen LogP contribution in [0.4, 0.5) is 22.7 Å². The zero-order valence-corrected chi connectivity index (χ0v) is 20.1. The van der Waals surface area contributed by atoms with Crippen molar-refractivity contribution in [2.45, 2.75) is 39.5 Å². The topological polar surface area (TPSA) is 62.8 Å². The second-order valence-corrected chi connectivity index (χ2v) is 8.83. The van der Waals surface area contributed by atoms with E-state index in [9.17, 15) is 0 Å². The van der Waals surface area contributed by atoms with Gasteiger partial charge in [0.25, 0.3) is 0 Å². The molecule has 4 nitrogen and oxygen atoms in total. The van der Waals surface area contributed by atoms with Gasteiger partial charge in [0.2, 0.25) is 0 Å². The summed E-state index contributed by atoms with van der Waals surface area (Å²) >= 11 is 0. The SMILES string of the molecule is Cc1cccc(C(C)C)c1Nc1ccccc1C=Nc1ccccc1N=CC1=C(N)C=CCC1. The zero-order valence-electron chi connectivity index (χ0n) is 20.1. The summed E-state index contributed by atoms with van der Waals surface area (Å²) < 4.78 is 0. The number of aryl methyl sites for hydroxylation is 1. The zero-order chi connectivity index (χ0) is 23.9. The minimum atomic E-state index is 0.428. The van der Waals surface area contributed by atoms with Gasteiger partial charge < -0.3 is 11.1 Å². The van der Waals surface area contributed by atoms with Crippen molar-refractivity contribution in [3.05, 3.63) is 107 Å². The van der Waals surface area contributed by atoms with E-state index in [4.69, 9.17) is 15.7 Å². The van der Waals surface area contributed by atoms with Crippen molar-refractivity contribution < 1.29 is 0 Å². The number of allylic oxidation sites excluding steroid dienone is 3. The number of nitrogens with two attached hydrogens (primary N) is 1. The minimum absolute atomic E-state index is 0.428. The molecule has 3 aromatic rings. The Morgan fingerprint density at radius 2 is 1.59 bits per heavy atom.